The number of hydrogen-bond donors (Lipinski definition) is 2. The van der Waals surface area contributed by atoms with Crippen LogP contribution in [0.5, 0.6) is 0 Å². The van der Waals surface area contributed by atoms with Gasteiger partial charge in [-0.2, -0.15) is 0 Å². The minimum absolute atomic E-state index is 0.0952. The highest BCUT2D eigenvalue weighted by atomic mass is 15.0. The lowest BCUT2D eigenvalue weighted by Crippen LogP contribution is -2.48. The Morgan fingerprint density at radius 1 is 1.50 bits per heavy atom. The third-order valence-corrected chi connectivity index (χ3v) is 1.98. The monoisotopic (exact) mass is 168 g/mol. The molecule has 0 rings (SSSR count). The number of nitrogens with one attached hydrogen (secondary N) is 1. The van der Waals surface area contributed by atoms with Crippen molar-refractivity contribution >= 4 is 0 Å². The van der Waals surface area contributed by atoms with Crippen molar-refractivity contribution in [3.63, 3.8) is 0 Å². The average molecular weight is 168 g/mol. The zero-order chi connectivity index (χ0) is 9.78. The van der Waals surface area contributed by atoms with Crippen molar-refractivity contribution in [1.29, 1.82) is 0 Å². The first-order chi connectivity index (χ1) is 5.41. The highest BCUT2D eigenvalue weighted by Gasteiger charge is 2.23. The van der Waals surface area contributed by atoms with E-state index in [4.69, 9.17) is 12.2 Å². The van der Waals surface area contributed by atoms with Crippen LogP contribution in [0.4, 0.5) is 0 Å². The van der Waals surface area contributed by atoms with Crippen LogP contribution in [-0.4, -0.2) is 18.6 Å². The van der Waals surface area contributed by atoms with E-state index < -0.39 is 0 Å². The Morgan fingerprint density at radius 2 is 2.00 bits per heavy atom. The Morgan fingerprint density at radius 3 is 2.25 bits per heavy atom. The molecular weight excluding hydrogens is 148 g/mol. The lowest BCUT2D eigenvalue weighted by Gasteiger charge is -2.31. The molecule has 0 aromatic heterocycles. The van der Waals surface area contributed by atoms with Crippen molar-refractivity contribution in [2.75, 3.05) is 6.54 Å². The molecule has 0 aliphatic heterocycles. The van der Waals surface area contributed by atoms with Crippen molar-refractivity contribution in [2.24, 2.45) is 11.1 Å². The third-order valence-electron chi connectivity index (χ3n) is 1.98. The summed E-state index contributed by atoms with van der Waals surface area (Å²) in [6, 6.07) is 0.376. The topological polar surface area (TPSA) is 38.0 Å². The Balaban J connectivity index is 4.11. The summed E-state index contributed by atoms with van der Waals surface area (Å²) in [6.07, 6.45) is 5.26. The fourth-order valence-electron chi connectivity index (χ4n) is 1.02. The standard InChI is InChI=1S/C10H20N2/c1-6-8(2)12-9(7-11)10(3,4)5/h1,8-9,12H,7,11H2,2-5H3. The van der Waals surface area contributed by atoms with Gasteiger partial charge >= 0.3 is 0 Å². The molecule has 2 heteroatoms. The molecule has 0 fully saturated rings. The van der Waals surface area contributed by atoms with Gasteiger partial charge < -0.3 is 5.73 Å². The highest BCUT2D eigenvalue weighted by Crippen LogP contribution is 2.18. The van der Waals surface area contributed by atoms with E-state index in [1.807, 2.05) is 6.92 Å². The van der Waals surface area contributed by atoms with Crippen LogP contribution in [0, 0.1) is 17.8 Å². The van der Waals surface area contributed by atoms with E-state index >= 15 is 0 Å². The minimum Gasteiger partial charge on any atom is -0.329 e. The Labute approximate surface area is 75.9 Å². The van der Waals surface area contributed by atoms with E-state index in [-0.39, 0.29) is 17.5 Å². The Kier molecular flexibility index (Phi) is 4.30. The van der Waals surface area contributed by atoms with Gasteiger partial charge in [0.05, 0.1) is 6.04 Å². The van der Waals surface area contributed by atoms with E-state index in [1.165, 1.54) is 0 Å². The molecule has 0 amide bonds. The van der Waals surface area contributed by atoms with Gasteiger partial charge in [-0.15, -0.1) is 6.42 Å². The average Bonchev–Trinajstić information content (AvgIpc) is 1.97. The molecule has 2 atom stereocenters. The fraction of sp³-hybridized carbons (Fsp3) is 0.800. The molecule has 0 bridgehead atoms. The fourth-order valence-corrected chi connectivity index (χ4v) is 1.02. The van der Waals surface area contributed by atoms with Gasteiger partial charge in [0.2, 0.25) is 0 Å². The quantitative estimate of drug-likeness (QED) is 0.616. The predicted octanol–water partition coefficient (Wildman–Crippen LogP) is 0.971. The second kappa shape index (κ2) is 4.49. The van der Waals surface area contributed by atoms with Crippen LogP contribution in [0.25, 0.3) is 0 Å². The molecule has 3 N–H and O–H groups in total. The minimum atomic E-state index is 0.0952. The predicted molar refractivity (Wildman–Crippen MR) is 53.7 cm³/mol. The molecule has 0 aliphatic carbocycles. The second-order valence-electron chi connectivity index (χ2n) is 4.21. The van der Waals surface area contributed by atoms with Gasteiger partial charge in [0.15, 0.2) is 0 Å². The van der Waals surface area contributed by atoms with E-state index in [2.05, 4.69) is 32.0 Å². The first-order valence-electron chi connectivity index (χ1n) is 4.34. The van der Waals surface area contributed by atoms with E-state index in [1.54, 1.807) is 0 Å². The van der Waals surface area contributed by atoms with E-state index in [9.17, 15) is 0 Å². The molecule has 2 nitrogen and oxygen atoms in total. The summed E-state index contributed by atoms with van der Waals surface area (Å²) in [5.74, 6) is 2.64. The van der Waals surface area contributed by atoms with Crippen molar-refractivity contribution in [3.05, 3.63) is 0 Å². The molecule has 0 radical (unpaired) electrons. The molecule has 0 heterocycles. The lowest BCUT2D eigenvalue weighted by atomic mass is 9.86. The zero-order valence-electron chi connectivity index (χ0n) is 8.52. The van der Waals surface area contributed by atoms with Gasteiger partial charge in [0.25, 0.3) is 0 Å². The summed E-state index contributed by atoms with van der Waals surface area (Å²) in [6.45, 7) is 9.05. The molecule has 12 heavy (non-hydrogen) atoms. The smallest absolute Gasteiger partial charge is 0.0661 e. The van der Waals surface area contributed by atoms with Crippen LogP contribution in [-0.2, 0) is 0 Å². The molecule has 2 unspecified atom stereocenters. The van der Waals surface area contributed by atoms with E-state index in [0.717, 1.165) is 0 Å². The highest BCUT2D eigenvalue weighted by molar-refractivity contribution is 4.98. The number of nitrogens with two attached hydrogens (primary N) is 1. The van der Waals surface area contributed by atoms with Gasteiger partial charge in [-0.25, -0.2) is 0 Å². The van der Waals surface area contributed by atoms with Crippen molar-refractivity contribution in [1.82, 2.24) is 5.32 Å². The maximum Gasteiger partial charge on any atom is 0.0661 e. The molecule has 0 aromatic rings. The maximum absolute atomic E-state index is 5.63. The first-order valence-corrected chi connectivity index (χ1v) is 4.34. The van der Waals surface area contributed by atoms with Crippen LogP contribution >= 0.6 is 0 Å². The molecule has 0 saturated carbocycles. The normalized spacial score (nSPS) is 16.7. The van der Waals surface area contributed by atoms with Crippen molar-refractivity contribution < 1.29 is 0 Å². The Hall–Kier alpha value is -0.520. The van der Waals surface area contributed by atoms with Crippen LogP contribution in [0.1, 0.15) is 27.7 Å². The van der Waals surface area contributed by atoms with Crippen LogP contribution in [0.2, 0.25) is 0 Å². The van der Waals surface area contributed by atoms with Gasteiger partial charge in [-0.1, -0.05) is 26.7 Å². The van der Waals surface area contributed by atoms with Crippen molar-refractivity contribution in [2.45, 2.75) is 39.8 Å². The summed E-state index contributed by atoms with van der Waals surface area (Å²) < 4.78 is 0. The second-order valence-corrected chi connectivity index (χ2v) is 4.21. The SMILES string of the molecule is C#CC(C)NC(CN)C(C)(C)C. The molecule has 0 aromatic carbocycles. The summed E-state index contributed by atoms with van der Waals surface area (Å²) in [5.41, 5.74) is 5.80. The van der Waals surface area contributed by atoms with Crippen LogP contribution < -0.4 is 11.1 Å². The van der Waals surface area contributed by atoms with Crippen LogP contribution in [0.3, 0.4) is 0 Å². The number of hydrogen-bond acceptors (Lipinski definition) is 2. The van der Waals surface area contributed by atoms with Gasteiger partial charge in [0.1, 0.15) is 0 Å². The van der Waals surface area contributed by atoms with Gasteiger partial charge in [-0.05, 0) is 12.3 Å². The number of rotatable bonds is 3. The molecule has 70 valence electrons. The Bertz CT molecular complexity index is 162. The molecule has 0 saturated heterocycles. The van der Waals surface area contributed by atoms with E-state index in [0.29, 0.717) is 6.54 Å². The summed E-state index contributed by atoms with van der Waals surface area (Å²) in [4.78, 5) is 0. The maximum atomic E-state index is 5.63. The first kappa shape index (κ1) is 11.5. The van der Waals surface area contributed by atoms with Crippen molar-refractivity contribution in [3.8, 4) is 12.3 Å². The molecule has 0 spiro atoms. The largest absolute Gasteiger partial charge is 0.329 e. The van der Waals surface area contributed by atoms with Gasteiger partial charge in [-0.3, -0.25) is 5.32 Å². The number of terminal acetylenes is 1. The zero-order valence-corrected chi connectivity index (χ0v) is 8.52. The molecular formula is C10H20N2. The summed E-state index contributed by atoms with van der Waals surface area (Å²) >= 11 is 0. The molecule has 0 aliphatic rings. The van der Waals surface area contributed by atoms with Crippen LogP contribution in [0.15, 0.2) is 0 Å². The summed E-state index contributed by atoms with van der Waals surface area (Å²) in [5, 5.41) is 3.30. The summed E-state index contributed by atoms with van der Waals surface area (Å²) in [7, 11) is 0. The third kappa shape index (κ3) is 3.75. The van der Waals surface area contributed by atoms with Gasteiger partial charge in [0, 0.05) is 12.6 Å². The lowest BCUT2D eigenvalue weighted by molar-refractivity contribution is 0.267.